The minimum Gasteiger partial charge on any atom is -0.473 e. The quantitative estimate of drug-likeness (QED) is 0.423. The molecule has 3 rings (SSSR count). The van der Waals surface area contributed by atoms with Crippen LogP contribution in [0.15, 0.2) is 24.3 Å². The van der Waals surface area contributed by atoms with Crippen LogP contribution in [0.25, 0.3) is 5.52 Å². The molecule has 0 aliphatic heterocycles. The van der Waals surface area contributed by atoms with Gasteiger partial charge in [-0.25, -0.2) is 18.0 Å². The first-order valence-corrected chi connectivity index (χ1v) is 10.5. The van der Waals surface area contributed by atoms with Gasteiger partial charge in [0.1, 0.15) is 12.4 Å². The highest BCUT2D eigenvalue weighted by Crippen LogP contribution is 2.25. The van der Waals surface area contributed by atoms with Crippen LogP contribution in [0.3, 0.4) is 0 Å². The summed E-state index contributed by atoms with van der Waals surface area (Å²) in [6.45, 7) is 6.26. The number of pyridine rings is 1. The van der Waals surface area contributed by atoms with Gasteiger partial charge in [0, 0.05) is 12.6 Å². The average Bonchev–Trinajstić information content (AvgIpc) is 3.10. The molecule has 11 heteroatoms. The molecule has 1 unspecified atom stereocenters. The summed E-state index contributed by atoms with van der Waals surface area (Å²) >= 11 is 0. The van der Waals surface area contributed by atoms with Crippen LogP contribution in [0, 0.1) is 31.3 Å². The van der Waals surface area contributed by atoms with Crippen LogP contribution in [-0.2, 0) is 6.61 Å². The Morgan fingerprint density at radius 1 is 1.18 bits per heavy atom. The highest BCUT2D eigenvalue weighted by atomic mass is 19.2. The van der Waals surface area contributed by atoms with Crippen LogP contribution in [0.5, 0.6) is 5.88 Å². The summed E-state index contributed by atoms with van der Waals surface area (Å²) in [6, 6.07) is 4.77. The van der Waals surface area contributed by atoms with Crippen molar-refractivity contribution in [2.75, 3.05) is 6.54 Å². The second-order valence-corrected chi connectivity index (χ2v) is 8.27. The zero-order valence-corrected chi connectivity index (χ0v) is 19.1. The Hall–Kier alpha value is -3.76. The number of aromatic nitrogens is 2. The van der Waals surface area contributed by atoms with Crippen molar-refractivity contribution in [2.24, 2.45) is 0 Å². The summed E-state index contributed by atoms with van der Waals surface area (Å²) in [5, 5.41) is 18.5. The molecule has 1 aromatic carbocycles. The standard InChI is InChI=1S/C23H25F3N4O4/c1-5-23(4,28-22(32)33)11-27-21(31)19-13(3)29-30-17(19)8-12(2)9-18(30)34-10-14-15(24)6-7-16(25)20(14)26/h6-9,28H,5,10-11H2,1-4H3,(H,27,31)(H,32,33). The summed E-state index contributed by atoms with van der Waals surface area (Å²) < 4.78 is 48.4. The first-order chi connectivity index (χ1) is 16.0. The molecule has 2 amide bonds. The van der Waals surface area contributed by atoms with E-state index in [1.807, 2.05) is 0 Å². The van der Waals surface area contributed by atoms with Crippen molar-refractivity contribution in [1.82, 2.24) is 20.2 Å². The molecular formula is C23H25F3N4O4. The van der Waals surface area contributed by atoms with E-state index in [0.717, 1.165) is 6.07 Å². The monoisotopic (exact) mass is 478 g/mol. The molecule has 0 fully saturated rings. The van der Waals surface area contributed by atoms with Gasteiger partial charge in [-0.2, -0.15) is 9.61 Å². The summed E-state index contributed by atoms with van der Waals surface area (Å²) in [5.74, 6) is -3.85. The van der Waals surface area contributed by atoms with Gasteiger partial charge in [0.05, 0.1) is 27.9 Å². The van der Waals surface area contributed by atoms with Crippen molar-refractivity contribution < 1.29 is 32.6 Å². The Morgan fingerprint density at radius 3 is 2.50 bits per heavy atom. The molecule has 2 aromatic heterocycles. The fourth-order valence-electron chi connectivity index (χ4n) is 3.47. The summed E-state index contributed by atoms with van der Waals surface area (Å²) in [7, 11) is 0. The third kappa shape index (κ3) is 5.08. The van der Waals surface area contributed by atoms with Gasteiger partial charge in [-0.15, -0.1) is 0 Å². The number of rotatable bonds is 8. The van der Waals surface area contributed by atoms with Crippen molar-refractivity contribution in [3.8, 4) is 5.88 Å². The van der Waals surface area contributed by atoms with E-state index in [2.05, 4.69) is 15.7 Å². The molecule has 34 heavy (non-hydrogen) atoms. The summed E-state index contributed by atoms with van der Waals surface area (Å²) in [5.41, 5.74) is 0.228. The molecule has 0 aliphatic rings. The van der Waals surface area contributed by atoms with E-state index in [0.29, 0.717) is 29.3 Å². The number of aryl methyl sites for hydroxylation is 2. The molecular weight excluding hydrogens is 453 g/mol. The highest BCUT2D eigenvalue weighted by molar-refractivity contribution is 6.02. The van der Waals surface area contributed by atoms with Crippen molar-refractivity contribution >= 4 is 17.5 Å². The predicted molar refractivity (Wildman–Crippen MR) is 118 cm³/mol. The second kappa shape index (κ2) is 9.62. The maximum absolute atomic E-state index is 14.0. The Kier molecular flexibility index (Phi) is 7.04. The van der Waals surface area contributed by atoms with Crippen LogP contribution < -0.4 is 15.4 Å². The first kappa shape index (κ1) is 24.9. The van der Waals surface area contributed by atoms with E-state index in [1.165, 1.54) is 4.52 Å². The predicted octanol–water partition coefficient (Wildman–Crippen LogP) is 4.11. The van der Waals surface area contributed by atoms with E-state index in [9.17, 15) is 22.8 Å². The normalized spacial score (nSPS) is 12.9. The molecule has 8 nitrogen and oxygen atoms in total. The molecule has 0 saturated heterocycles. The molecule has 0 radical (unpaired) electrons. The van der Waals surface area contributed by atoms with Crippen LogP contribution in [0.4, 0.5) is 18.0 Å². The molecule has 0 spiro atoms. The minimum atomic E-state index is -1.34. The Bertz CT molecular complexity index is 1260. The van der Waals surface area contributed by atoms with E-state index in [4.69, 9.17) is 9.84 Å². The molecule has 1 atom stereocenters. The number of ether oxygens (including phenoxy) is 1. The van der Waals surface area contributed by atoms with Gasteiger partial charge in [0.15, 0.2) is 11.6 Å². The molecule has 0 saturated carbocycles. The van der Waals surface area contributed by atoms with Gasteiger partial charge in [-0.05, 0) is 51.0 Å². The number of halogens is 3. The van der Waals surface area contributed by atoms with Crippen molar-refractivity contribution in [3.63, 3.8) is 0 Å². The highest BCUT2D eigenvalue weighted by Gasteiger charge is 2.27. The maximum atomic E-state index is 14.0. The smallest absolute Gasteiger partial charge is 0.405 e. The fourth-order valence-corrected chi connectivity index (χ4v) is 3.47. The zero-order chi connectivity index (χ0) is 25.2. The molecule has 0 bridgehead atoms. The molecule has 0 aliphatic carbocycles. The van der Waals surface area contributed by atoms with Gasteiger partial charge in [0.25, 0.3) is 5.91 Å². The number of hydrogen-bond donors (Lipinski definition) is 3. The van der Waals surface area contributed by atoms with Gasteiger partial charge in [-0.3, -0.25) is 4.79 Å². The maximum Gasteiger partial charge on any atom is 0.405 e. The van der Waals surface area contributed by atoms with Gasteiger partial charge in [0.2, 0.25) is 5.88 Å². The van der Waals surface area contributed by atoms with Crippen LogP contribution >= 0.6 is 0 Å². The van der Waals surface area contributed by atoms with Crippen molar-refractivity contribution in [1.29, 1.82) is 0 Å². The molecule has 3 aromatic rings. The first-order valence-electron chi connectivity index (χ1n) is 10.5. The number of fused-ring (bicyclic) bond motifs is 1. The van der Waals surface area contributed by atoms with Gasteiger partial charge in [-0.1, -0.05) is 6.92 Å². The zero-order valence-electron chi connectivity index (χ0n) is 19.1. The molecule has 3 N–H and O–H groups in total. The third-order valence-corrected chi connectivity index (χ3v) is 5.58. The lowest BCUT2D eigenvalue weighted by Gasteiger charge is -2.28. The lowest BCUT2D eigenvalue weighted by atomic mass is 9.99. The van der Waals surface area contributed by atoms with Crippen molar-refractivity contribution in [2.45, 2.75) is 46.3 Å². The summed E-state index contributed by atoms with van der Waals surface area (Å²) in [6.07, 6.45) is -0.758. The average molecular weight is 478 g/mol. The van der Waals surface area contributed by atoms with E-state index < -0.39 is 47.2 Å². The molecule has 2 heterocycles. The largest absolute Gasteiger partial charge is 0.473 e. The van der Waals surface area contributed by atoms with E-state index in [-0.39, 0.29) is 18.0 Å². The van der Waals surface area contributed by atoms with Crippen LogP contribution in [0.2, 0.25) is 0 Å². The lowest BCUT2D eigenvalue weighted by Crippen LogP contribution is -2.52. The number of nitrogens with zero attached hydrogens (tertiary/aromatic N) is 2. The van der Waals surface area contributed by atoms with Gasteiger partial charge < -0.3 is 20.5 Å². The Labute approximate surface area is 193 Å². The summed E-state index contributed by atoms with van der Waals surface area (Å²) in [4.78, 5) is 24.1. The molecule has 182 valence electrons. The number of amides is 2. The number of carbonyl (C=O) groups is 2. The van der Waals surface area contributed by atoms with E-state index >= 15 is 0 Å². The lowest BCUT2D eigenvalue weighted by molar-refractivity contribution is 0.0938. The number of hydrogen-bond acceptors (Lipinski definition) is 4. The van der Waals surface area contributed by atoms with E-state index in [1.54, 1.807) is 39.8 Å². The van der Waals surface area contributed by atoms with Gasteiger partial charge >= 0.3 is 6.09 Å². The fraction of sp³-hybridized carbons (Fsp3) is 0.348. The minimum absolute atomic E-state index is 0.0404. The van der Waals surface area contributed by atoms with Crippen LogP contribution in [0.1, 0.15) is 47.4 Å². The topological polar surface area (TPSA) is 105 Å². The Balaban J connectivity index is 1.90. The third-order valence-electron chi connectivity index (χ3n) is 5.58. The SMILES string of the molecule is CCC(C)(CNC(=O)c1c(C)nn2c(OCc3c(F)ccc(F)c3F)cc(C)cc12)NC(=O)O. The van der Waals surface area contributed by atoms with Crippen molar-refractivity contribution in [3.05, 3.63) is 64.1 Å². The number of nitrogens with one attached hydrogen (secondary N) is 2. The second-order valence-electron chi connectivity index (χ2n) is 8.27. The van der Waals surface area contributed by atoms with Crippen LogP contribution in [-0.4, -0.2) is 38.8 Å². The number of carbonyl (C=O) groups excluding carboxylic acids is 1. The number of carboxylic acid groups (broad SMARTS) is 1. The number of benzene rings is 1. The Morgan fingerprint density at radius 2 is 1.85 bits per heavy atom.